The summed E-state index contributed by atoms with van der Waals surface area (Å²) in [6.07, 6.45) is 2.57. The zero-order chi connectivity index (χ0) is 25.4. The monoisotopic (exact) mass is 484 g/mol. The first-order valence-electron chi connectivity index (χ1n) is 10.5. The van der Waals surface area contributed by atoms with Gasteiger partial charge in [-0.2, -0.15) is 8.78 Å². The standard InChI is InChI=1S/C26H23F3N2O4/c1-16(17-8-13-21(14-9-17)31-25(33)19-6-11-20(27)12-7-19)30-23(32)15-10-18-4-3-5-22(34-2)24(18)35-26(28)29/h3-16,26H,1-2H3,(H,30,32)(H,31,33)/b15-10+. The van der Waals surface area contributed by atoms with E-state index in [0.29, 0.717) is 11.3 Å². The summed E-state index contributed by atoms with van der Waals surface area (Å²) in [7, 11) is 1.33. The topological polar surface area (TPSA) is 76.7 Å². The number of para-hydroxylation sites is 1. The lowest BCUT2D eigenvalue weighted by Gasteiger charge is -2.14. The number of amides is 2. The molecule has 182 valence electrons. The number of carbonyl (C=O) groups excluding carboxylic acids is 2. The maximum atomic E-state index is 13.0. The zero-order valence-corrected chi connectivity index (χ0v) is 18.9. The Morgan fingerprint density at radius 3 is 2.29 bits per heavy atom. The smallest absolute Gasteiger partial charge is 0.387 e. The van der Waals surface area contributed by atoms with Crippen molar-refractivity contribution in [2.24, 2.45) is 0 Å². The molecule has 3 rings (SSSR count). The quantitative estimate of drug-likeness (QED) is 0.389. The van der Waals surface area contributed by atoms with E-state index < -0.39 is 18.3 Å². The Hall–Kier alpha value is -4.27. The van der Waals surface area contributed by atoms with Crippen LogP contribution in [0.4, 0.5) is 18.9 Å². The number of anilines is 1. The lowest BCUT2D eigenvalue weighted by molar-refractivity contribution is -0.117. The van der Waals surface area contributed by atoms with Gasteiger partial charge < -0.3 is 20.1 Å². The highest BCUT2D eigenvalue weighted by molar-refractivity contribution is 6.04. The SMILES string of the molecule is COc1cccc(/C=C/C(=O)NC(C)c2ccc(NC(=O)c3ccc(F)cc3)cc2)c1OC(F)F. The molecule has 2 N–H and O–H groups in total. The number of nitrogens with one attached hydrogen (secondary N) is 2. The summed E-state index contributed by atoms with van der Waals surface area (Å²) < 4.78 is 48.1. The van der Waals surface area contributed by atoms with Crippen molar-refractivity contribution < 1.29 is 32.2 Å². The van der Waals surface area contributed by atoms with Crippen molar-refractivity contribution in [1.29, 1.82) is 0 Å². The van der Waals surface area contributed by atoms with Crippen LogP contribution in [0.25, 0.3) is 6.08 Å². The fourth-order valence-electron chi connectivity index (χ4n) is 3.21. The van der Waals surface area contributed by atoms with Crippen LogP contribution in [0.15, 0.2) is 72.8 Å². The van der Waals surface area contributed by atoms with Crippen LogP contribution in [-0.4, -0.2) is 25.5 Å². The Morgan fingerprint density at radius 1 is 0.971 bits per heavy atom. The van der Waals surface area contributed by atoms with Gasteiger partial charge in [0.25, 0.3) is 5.91 Å². The van der Waals surface area contributed by atoms with Gasteiger partial charge in [0.15, 0.2) is 11.5 Å². The summed E-state index contributed by atoms with van der Waals surface area (Å²) in [5.74, 6) is -1.30. The van der Waals surface area contributed by atoms with Gasteiger partial charge >= 0.3 is 6.61 Å². The van der Waals surface area contributed by atoms with E-state index in [-0.39, 0.29) is 29.0 Å². The molecule has 6 nitrogen and oxygen atoms in total. The molecule has 0 aliphatic carbocycles. The average Bonchev–Trinajstić information content (AvgIpc) is 2.83. The van der Waals surface area contributed by atoms with E-state index in [2.05, 4.69) is 15.4 Å². The van der Waals surface area contributed by atoms with Gasteiger partial charge in [-0.25, -0.2) is 4.39 Å². The molecule has 0 heterocycles. The van der Waals surface area contributed by atoms with Crippen molar-refractivity contribution in [2.75, 3.05) is 12.4 Å². The van der Waals surface area contributed by atoms with E-state index in [9.17, 15) is 22.8 Å². The summed E-state index contributed by atoms with van der Waals surface area (Å²) in [5.41, 5.74) is 1.88. The highest BCUT2D eigenvalue weighted by atomic mass is 19.3. The number of alkyl halides is 2. The zero-order valence-electron chi connectivity index (χ0n) is 18.9. The van der Waals surface area contributed by atoms with Crippen molar-refractivity contribution in [1.82, 2.24) is 5.32 Å². The molecule has 3 aromatic carbocycles. The average molecular weight is 484 g/mol. The molecule has 0 fully saturated rings. The van der Waals surface area contributed by atoms with Crippen LogP contribution in [0.2, 0.25) is 0 Å². The molecule has 0 aliphatic rings. The van der Waals surface area contributed by atoms with Crippen molar-refractivity contribution in [3.63, 3.8) is 0 Å². The van der Waals surface area contributed by atoms with Crippen LogP contribution in [0.5, 0.6) is 11.5 Å². The van der Waals surface area contributed by atoms with Gasteiger partial charge in [0.1, 0.15) is 5.82 Å². The minimum Gasteiger partial charge on any atom is -0.493 e. The first kappa shape index (κ1) is 25.4. The molecule has 1 unspecified atom stereocenters. The van der Waals surface area contributed by atoms with Crippen molar-refractivity contribution in [3.8, 4) is 11.5 Å². The number of hydrogen-bond donors (Lipinski definition) is 2. The summed E-state index contributed by atoms with van der Waals surface area (Å²) in [6, 6.07) is 16.2. The lowest BCUT2D eigenvalue weighted by Crippen LogP contribution is -2.24. The fourth-order valence-corrected chi connectivity index (χ4v) is 3.21. The number of ether oxygens (including phenoxy) is 2. The third-order valence-corrected chi connectivity index (χ3v) is 4.98. The first-order chi connectivity index (χ1) is 16.8. The van der Waals surface area contributed by atoms with Crippen LogP contribution >= 0.6 is 0 Å². The Balaban J connectivity index is 1.61. The maximum absolute atomic E-state index is 13.0. The molecule has 0 aliphatic heterocycles. The van der Waals surface area contributed by atoms with Crippen molar-refractivity contribution in [2.45, 2.75) is 19.6 Å². The Bertz CT molecular complexity index is 1200. The third kappa shape index (κ3) is 7.10. The predicted molar refractivity (Wildman–Crippen MR) is 126 cm³/mol. The molecular weight excluding hydrogens is 461 g/mol. The van der Waals surface area contributed by atoms with E-state index in [0.717, 1.165) is 5.56 Å². The van der Waals surface area contributed by atoms with Gasteiger partial charge in [0, 0.05) is 22.9 Å². The van der Waals surface area contributed by atoms with Crippen LogP contribution in [0, 0.1) is 5.82 Å². The molecule has 0 bridgehead atoms. The molecule has 2 amide bonds. The van der Waals surface area contributed by atoms with Crippen LogP contribution in [0.1, 0.15) is 34.5 Å². The molecule has 0 saturated heterocycles. The molecule has 3 aromatic rings. The molecule has 0 radical (unpaired) electrons. The fraction of sp³-hybridized carbons (Fsp3) is 0.154. The Labute approximate surface area is 200 Å². The number of halogens is 3. The van der Waals surface area contributed by atoms with Crippen LogP contribution in [-0.2, 0) is 4.79 Å². The number of carbonyl (C=O) groups is 2. The first-order valence-corrected chi connectivity index (χ1v) is 10.5. The van der Waals surface area contributed by atoms with E-state index in [4.69, 9.17) is 4.74 Å². The molecular formula is C26H23F3N2O4. The second-order valence-corrected chi connectivity index (χ2v) is 7.40. The van der Waals surface area contributed by atoms with Crippen LogP contribution < -0.4 is 20.1 Å². The minimum atomic E-state index is -3.05. The molecule has 0 spiro atoms. The van der Waals surface area contributed by atoms with Gasteiger partial charge in [0.2, 0.25) is 5.91 Å². The molecule has 0 saturated carbocycles. The van der Waals surface area contributed by atoms with E-state index in [1.165, 1.54) is 55.7 Å². The predicted octanol–water partition coefficient (Wildman–Crippen LogP) is 5.58. The van der Waals surface area contributed by atoms with E-state index in [1.54, 1.807) is 37.3 Å². The second-order valence-electron chi connectivity index (χ2n) is 7.40. The lowest BCUT2D eigenvalue weighted by atomic mass is 10.1. The largest absolute Gasteiger partial charge is 0.493 e. The third-order valence-electron chi connectivity index (χ3n) is 4.98. The summed E-state index contributed by atoms with van der Waals surface area (Å²) in [5, 5.41) is 5.49. The Morgan fingerprint density at radius 2 is 1.66 bits per heavy atom. The van der Waals surface area contributed by atoms with Gasteiger partial charge in [0.05, 0.1) is 13.2 Å². The second kappa shape index (κ2) is 11.7. The van der Waals surface area contributed by atoms with Gasteiger partial charge in [-0.3, -0.25) is 9.59 Å². The minimum absolute atomic E-state index is 0.118. The highest BCUT2D eigenvalue weighted by Crippen LogP contribution is 2.33. The van der Waals surface area contributed by atoms with Crippen molar-refractivity contribution in [3.05, 3.63) is 95.3 Å². The molecule has 0 aromatic heterocycles. The van der Waals surface area contributed by atoms with Crippen molar-refractivity contribution >= 4 is 23.6 Å². The highest BCUT2D eigenvalue weighted by Gasteiger charge is 2.14. The normalized spacial score (nSPS) is 11.8. The summed E-state index contributed by atoms with van der Waals surface area (Å²) in [6.45, 7) is -1.27. The van der Waals surface area contributed by atoms with Gasteiger partial charge in [-0.15, -0.1) is 0 Å². The summed E-state index contributed by atoms with van der Waals surface area (Å²) in [4.78, 5) is 24.6. The summed E-state index contributed by atoms with van der Waals surface area (Å²) >= 11 is 0. The van der Waals surface area contributed by atoms with E-state index in [1.807, 2.05) is 0 Å². The Kier molecular flexibility index (Phi) is 8.50. The van der Waals surface area contributed by atoms with Gasteiger partial charge in [-0.05, 0) is 61.0 Å². The number of hydrogen-bond acceptors (Lipinski definition) is 4. The molecule has 35 heavy (non-hydrogen) atoms. The molecule has 9 heteroatoms. The molecule has 1 atom stereocenters. The number of methoxy groups -OCH3 is 1. The van der Waals surface area contributed by atoms with Crippen LogP contribution in [0.3, 0.4) is 0 Å². The maximum Gasteiger partial charge on any atom is 0.387 e. The number of benzene rings is 3. The number of rotatable bonds is 9. The van der Waals surface area contributed by atoms with E-state index >= 15 is 0 Å². The van der Waals surface area contributed by atoms with Gasteiger partial charge in [-0.1, -0.05) is 24.3 Å².